The van der Waals surface area contributed by atoms with Gasteiger partial charge < -0.3 is 16.9 Å². The quantitative estimate of drug-likeness (QED) is 0.0716. The van der Waals surface area contributed by atoms with E-state index in [4.69, 9.17) is 32.3 Å². The molecule has 6 N–H and O–H groups in total. The summed E-state index contributed by atoms with van der Waals surface area (Å²) < 4.78 is 0. The molecule has 11 aromatic rings. The van der Waals surface area contributed by atoms with Crippen LogP contribution in [0.25, 0.3) is 115 Å². The molecule has 0 bridgehead atoms. The number of nitrogens with one attached hydrogen (secondary N) is 2. The largest absolute Gasteiger partial charge is 0.403 e. The van der Waals surface area contributed by atoms with Gasteiger partial charge in [0.1, 0.15) is 0 Å². The number of nitrogens with two attached hydrogens (primary N) is 2. The summed E-state index contributed by atoms with van der Waals surface area (Å²) in [6.07, 6.45) is 9.92. The Balaban J connectivity index is 1.21. The number of hydrogen-bond acceptors (Lipinski definition) is 8. The van der Waals surface area contributed by atoms with Crippen molar-refractivity contribution in [2.75, 3.05) is 0 Å². The molecule has 0 unspecified atom stereocenters. The molecule has 0 saturated heterocycles. The maximum atomic E-state index is 8.34. The van der Waals surface area contributed by atoms with E-state index in [0.29, 0.717) is 11.3 Å². The van der Waals surface area contributed by atoms with Crippen molar-refractivity contribution in [1.29, 1.82) is 10.8 Å². The van der Waals surface area contributed by atoms with Crippen molar-refractivity contribution >= 4 is 82.8 Å². The molecule has 8 heteroatoms. The summed E-state index contributed by atoms with van der Waals surface area (Å²) in [5.74, 6) is 0. The van der Waals surface area contributed by atoms with Crippen LogP contribution in [0.5, 0.6) is 0 Å². The third-order valence-electron chi connectivity index (χ3n) is 11.9. The normalized spacial score (nSPS) is 11.9. The molecule has 11 rings (SSSR count). The molecule has 0 amide bonds. The molecule has 0 aliphatic carbocycles. The van der Waals surface area contributed by atoms with E-state index < -0.39 is 0 Å². The lowest BCUT2D eigenvalue weighted by molar-refractivity contribution is 1.33. The monoisotopic (exact) mass is 796 g/mol. The summed E-state index contributed by atoms with van der Waals surface area (Å²) in [6.45, 7) is 0. The fourth-order valence-corrected chi connectivity index (χ4v) is 8.97. The fourth-order valence-electron chi connectivity index (χ4n) is 8.97. The van der Waals surface area contributed by atoms with Gasteiger partial charge in [-0.1, -0.05) is 109 Å². The Morgan fingerprint density at radius 2 is 0.984 bits per heavy atom. The van der Waals surface area contributed by atoms with Crippen LogP contribution in [0.15, 0.2) is 177 Å². The maximum Gasteiger partial charge on any atom is 0.0979 e. The Hall–Kier alpha value is -8.62. The maximum absolute atomic E-state index is 8.34. The third kappa shape index (κ3) is 5.92. The molecule has 0 radical (unpaired) electrons. The van der Waals surface area contributed by atoms with Gasteiger partial charge >= 0.3 is 0 Å². The van der Waals surface area contributed by atoms with E-state index in [1.54, 1.807) is 12.4 Å². The number of fused-ring (bicyclic) bond motifs is 7. The van der Waals surface area contributed by atoms with Gasteiger partial charge in [0.05, 0.1) is 33.5 Å². The smallest absolute Gasteiger partial charge is 0.0979 e. The molecule has 0 atom stereocenters. The van der Waals surface area contributed by atoms with Crippen LogP contribution in [0.2, 0.25) is 0 Å². The van der Waals surface area contributed by atoms with E-state index in [1.165, 1.54) is 6.20 Å². The Morgan fingerprint density at radius 1 is 0.484 bits per heavy atom. The summed E-state index contributed by atoms with van der Waals surface area (Å²) in [5.41, 5.74) is 25.7. The topological polar surface area (TPSA) is 151 Å². The highest BCUT2D eigenvalue weighted by Gasteiger charge is 2.20. The van der Waals surface area contributed by atoms with Crippen LogP contribution in [0.3, 0.4) is 0 Å². The van der Waals surface area contributed by atoms with Gasteiger partial charge in [-0.3, -0.25) is 15.4 Å². The Morgan fingerprint density at radius 3 is 1.47 bits per heavy atom. The van der Waals surface area contributed by atoms with Crippen molar-refractivity contribution in [3.05, 3.63) is 188 Å². The first-order chi connectivity index (χ1) is 30.5. The van der Waals surface area contributed by atoms with E-state index in [2.05, 4.69) is 119 Å². The molecule has 4 aromatic heterocycles. The first kappa shape index (κ1) is 36.5. The minimum atomic E-state index is 0.163. The number of nitrogens with zero attached hydrogens (tertiary/aromatic N) is 4. The lowest BCUT2D eigenvalue weighted by Gasteiger charge is -2.17. The molecule has 0 spiro atoms. The molecule has 8 nitrogen and oxygen atoms in total. The number of aromatic nitrogens is 4. The number of benzene rings is 7. The van der Waals surface area contributed by atoms with Gasteiger partial charge in [0.15, 0.2) is 0 Å². The van der Waals surface area contributed by atoms with Crippen molar-refractivity contribution in [2.24, 2.45) is 11.5 Å². The van der Waals surface area contributed by atoms with E-state index in [-0.39, 0.29) is 5.71 Å². The SMILES string of the molecule is N=CC(=N)c1ccc2cccc(-c3ccc4c(-c5cccnc5)c5ccc6c(-c7cccnc7)c7ccc(-c8cccc9ccc(/C(N)=C/N)cc89)cc7nc6c5nc4c3)c2c1. The highest BCUT2D eigenvalue weighted by Crippen LogP contribution is 2.43. The molecule has 292 valence electrons. The van der Waals surface area contributed by atoms with Crippen LogP contribution in [0.1, 0.15) is 11.1 Å². The van der Waals surface area contributed by atoms with E-state index >= 15 is 0 Å². The average Bonchev–Trinajstić information content (AvgIpc) is 3.33. The predicted molar refractivity (Wildman–Crippen MR) is 256 cm³/mol. The molecular formula is C54H36N8. The number of hydrogen-bond donors (Lipinski definition) is 4. The Kier molecular flexibility index (Phi) is 8.57. The van der Waals surface area contributed by atoms with Gasteiger partial charge in [0.25, 0.3) is 0 Å². The predicted octanol–water partition coefficient (Wildman–Crippen LogP) is 12.1. The average molecular weight is 797 g/mol. The van der Waals surface area contributed by atoms with Crippen LogP contribution in [-0.2, 0) is 0 Å². The van der Waals surface area contributed by atoms with Gasteiger partial charge in [0, 0.05) is 86.6 Å². The summed E-state index contributed by atoms with van der Waals surface area (Å²) >= 11 is 0. The van der Waals surface area contributed by atoms with Gasteiger partial charge in [0.2, 0.25) is 0 Å². The lowest BCUT2D eigenvalue weighted by atomic mass is 9.90. The lowest BCUT2D eigenvalue weighted by Crippen LogP contribution is -1.99. The molecule has 4 heterocycles. The number of rotatable bonds is 7. The van der Waals surface area contributed by atoms with E-state index in [1.807, 2.05) is 48.8 Å². The van der Waals surface area contributed by atoms with Crippen molar-refractivity contribution in [2.45, 2.75) is 0 Å². The summed E-state index contributed by atoms with van der Waals surface area (Å²) in [4.78, 5) is 20.2. The van der Waals surface area contributed by atoms with Crippen molar-refractivity contribution < 1.29 is 0 Å². The summed E-state index contributed by atoms with van der Waals surface area (Å²) in [7, 11) is 0. The van der Waals surface area contributed by atoms with Crippen LogP contribution >= 0.6 is 0 Å². The molecule has 0 aliphatic heterocycles. The second-order valence-corrected chi connectivity index (χ2v) is 15.4. The van der Waals surface area contributed by atoms with Gasteiger partial charge in [-0.2, -0.15) is 0 Å². The Labute approximate surface area is 355 Å². The molecular weight excluding hydrogens is 761 g/mol. The first-order valence-corrected chi connectivity index (χ1v) is 20.3. The zero-order valence-electron chi connectivity index (χ0n) is 33.3. The first-order valence-electron chi connectivity index (χ1n) is 20.3. The van der Waals surface area contributed by atoms with Crippen LogP contribution in [0, 0.1) is 10.8 Å². The fraction of sp³-hybridized carbons (Fsp3) is 0. The molecule has 0 saturated carbocycles. The van der Waals surface area contributed by atoms with Gasteiger partial charge in [-0.25, -0.2) is 9.97 Å². The van der Waals surface area contributed by atoms with Crippen LogP contribution < -0.4 is 11.5 Å². The minimum Gasteiger partial charge on any atom is -0.403 e. The van der Waals surface area contributed by atoms with E-state index in [9.17, 15) is 0 Å². The van der Waals surface area contributed by atoms with Crippen LogP contribution in [0.4, 0.5) is 0 Å². The van der Waals surface area contributed by atoms with Crippen molar-refractivity contribution in [3.8, 4) is 44.5 Å². The third-order valence-corrected chi connectivity index (χ3v) is 11.9. The van der Waals surface area contributed by atoms with Gasteiger partial charge in [-0.05, 0) is 85.8 Å². The van der Waals surface area contributed by atoms with Crippen LogP contribution in [-0.4, -0.2) is 31.9 Å². The second kappa shape index (κ2) is 14.6. The van der Waals surface area contributed by atoms with Crippen molar-refractivity contribution in [3.63, 3.8) is 0 Å². The molecule has 0 fully saturated rings. The standard InChI is InChI=1S/C54H36N8/c55-27-47(57)35-13-11-31-5-1-9-39(45(31)23-35)33-15-17-41-49(25-33)61-53-43(51(41)37-7-3-21-59-29-37)19-20-44-52(38-8-4-22-60-30-38)42-18-16-34(26-50(42)62-54(44)53)40-10-2-6-32-12-14-36(24-46(32)40)48(58)28-56/h1-30,55,57H,56,58H2/b48-28-,55-27?,57-47?. The summed E-state index contributed by atoms with van der Waals surface area (Å²) in [5, 5.41) is 24.2. The van der Waals surface area contributed by atoms with E-state index in [0.717, 1.165) is 121 Å². The number of pyridine rings is 4. The zero-order chi connectivity index (χ0) is 41.9. The minimum absolute atomic E-state index is 0.163. The summed E-state index contributed by atoms with van der Waals surface area (Å²) in [6, 6.07) is 50.0. The van der Waals surface area contributed by atoms with Gasteiger partial charge in [-0.15, -0.1) is 0 Å². The molecule has 62 heavy (non-hydrogen) atoms. The van der Waals surface area contributed by atoms with Crippen molar-refractivity contribution in [1.82, 2.24) is 19.9 Å². The Bertz CT molecular complexity index is 3460. The molecule has 0 aliphatic rings. The highest BCUT2D eigenvalue weighted by atomic mass is 14.8. The second-order valence-electron chi connectivity index (χ2n) is 15.4. The highest BCUT2D eigenvalue weighted by molar-refractivity contribution is 6.36. The molecule has 7 aromatic carbocycles. The zero-order valence-corrected chi connectivity index (χ0v) is 33.3.